The van der Waals surface area contributed by atoms with E-state index < -0.39 is 0 Å². The summed E-state index contributed by atoms with van der Waals surface area (Å²) in [4.78, 5) is 0. The van der Waals surface area contributed by atoms with Crippen molar-refractivity contribution in [2.45, 2.75) is 46.1 Å². The molecule has 0 unspecified atom stereocenters. The first-order chi connectivity index (χ1) is 8.17. The standard InChI is InChI=1S/C15H21NO/c1-4-5-11-6-7-13-12(8-11)15(10(2)3)14(9-16)17-13/h6-8,10H,4-5,9,16H2,1-3H3. The van der Waals surface area contributed by atoms with Crippen LogP contribution in [0.1, 0.15) is 50.0 Å². The van der Waals surface area contributed by atoms with E-state index in [4.69, 9.17) is 10.2 Å². The largest absolute Gasteiger partial charge is 0.459 e. The van der Waals surface area contributed by atoms with Gasteiger partial charge in [0.15, 0.2) is 0 Å². The van der Waals surface area contributed by atoms with E-state index in [1.54, 1.807) is 0 Å². The third-order valence-electron chi connectivity index (χ3n) is 3.17. The lowest BCUT2D eigenvalue weighted by molar-refractivity contribution is 0.541. The highest BCUT2D eigenvalue weighted by Gasteiger charge is 2.15. The van der Waals surface area contributed by atoms with Gasteiger partial charge in [0, 0.05) is 10.9 Å². The van der Waals surface area contributed by atoms with Crippen molar-refractivity contribution in [3.05, 3.63) is 35.1 Å². The number of aryl methyl sites for hydroxylation is 1. The Labute approximate surface area is 103 Å². The van der Waals surface area contributed by atoms with E-state index in [9.17, 15) is 0 Å². The fourth-order valence-corrected chi connectivity index (χ4v) is 2.44. The molecule has 0 aliphatic carbocycles. The molecule has 0 saturated heterocycles. The molecule has 0 aliphatic heterocycles. The van der Waals surface area contributed by atoms with E-state index in [1.807, 2.05) is 0 Å². The summed E-state index contributed by atoms with van der Waals surface area (Å²) in [6, 6.07) is 6.49. The molecule has 1 aromatic carbocycles. The average Bonchev–Trinajstić information content (AvgIpc) is 2.67. The summed E-state index contributed by atoms with van der Waals surface area (Å²) in [5, 5.41) is 1.24. The van der Waals surface area contributed by atoms with Gasteiger partial charge in [0.25, 0.3) is 0 Å². The molecular formula is C15H21NO. The van der Waals surface area contributed by atoms with Crippen LogP contribution in [0.3, 0.4) is 0 Å². The second-order valence-electron chi connectivity index (χ2n) is 4.88. The Morgan fingerprint density at radius 3 is 2.65 bits per heavy atom. The lowest BCUT2D eigenvalue weighted by atomic mass is 9.97. The Morgan fingerprint density at radius 2 is 2.06 bits per heavy atom. The van der Waals surface area contributed by atoms with Crippen LogP contribution in [0, 0.1) is 0 Å². The SMILES string of the molecule is CCCc1ccc2oc(CN)c(C(C)C)c2c1. The Morgan fingerprint density at radius 1 is 1.29 bits per heavy atom. The van der Waals surface area contributed by atoms with Gasteiger partial charge >= 0.3 is 0 Å². The van der Waals surface area contributed by atoms with Gasteiger partial charge in [-0.25, -0.2) is 0 Å². The summed E-state index contributed by atoms with van der Waals surface area (Å²) in [5.41, 5.74) is 9.38. The van der Waals surface area contributed by atoms with E-state index in [0.29, 0.717) is 12.5 Å². The normalized spacial score (nSPS) is 11.6. The van der Waals surface area contributed by atoms with Crippen molar-refractivity contribution in [3.8, 4) is 0 Å². The van der Waals surface area contributed by atoms with Gasteiger partial charge in [-0.15, -0.1) is 0 Å². The van der Waals surface area contributed by atoms with Crippen LogP contribution in [0.5, 0.6) is 0 Å². The van der Waals surface area contributed by atoms with Crippen LogP contribution in [0.25, 0.3) is 11.0 Å². The Bertz CT molecular complexity index is 511. The van der Waals surface area contributed by atoms with Gasteiger partial charge in [0.1, 0.15) is 11.3 Å². The van der Waals surface area contributed by atoms with Crippen molar-refractivity contribution in [1.82, 2.24) is 0 Å². The summed E-state index contributed by atoms with van der Waals surface area (Å²) in [7, 11) is 0. The van der Waals surface area contributed by atoms with E-state index in [-0.39, 0.29) is 0 Å². The van der Waals surface area contributed by atoms with E-state index in [2.05, 4.69) is 39.0 Å². The minimum absolute atomic E-state index is 0.451. The number of rotatable bonds is 4. The van der Waals surface area contributed by atoms with Gasteiger partial charge < -0.3 is 10.2 Å². The number of hydrogen-bond donors (Lipinski definition) is 1. The molecule has 0 bridgehead atoms. The zero-order chi connectivity index (χ0) is 12.4. The summed E-state index contributed by atoms with van der Waals surface area (Å²) in [5.74, 6) is 1.38. The van der Waals surface area contributed by atoms with E-state index in [0.717, 1.165) is 17.8 Å². The quantitative estimate of drug-likeness (QED) is 0.864. The minimum atomic E-state index is 0.451. The maximum absolute atomic E-state index is 5.82. The molecule has 1 aromatic heterocycles. The highest BCUT2D eigenvalue weighted by Crippen LogP contribution is 2.32. The van der Waals surface area contributed by atoms with Crippen LogP contribution in [-0.2, 0) is 13.0 Å². The second kappa shape index (κ2) is 4.92. The molecule has 0 atom stereocenters. The maximum Gasteiger partial charge on any atom is 0.134 e. The van der Waals surface area contributed by atoms with Gasteiger partial charge in [-0.3, -0.25) is 0 Å². The predicted octanol–water partition coefficient (Wildman–Crippen LogP) is 3.97. The molecule has 0 amide bonds. The number of furan rings is 1. The molecular weight excluding hydrogens is 210 g/mol. The van der Waals surface area contributed by atoms with E-state index >= 15 is 0 Å². The third kappa shape index (κ3) is 2.22. The van der Waals surface area contributed by atoms with Crippen LogP contribution in [0.15, 0.2) is 22.6 Å². The monoisotopic (exact) mass is 231 g/mol. The zero-order valence-corrected chi connectivity index (χ0v) is 10.9. The molecule has 0 radical (unpaired) electrons. The van der Waals surface area contributed by atoms with Crippen molar-refractivity contribution >= 4 is 11.0 Å². The van der Waals surface area contributed by atoms with Crippen LogP contribution >= 0.6 is 0 Å². The molecule has 0 aliphatic rings. The van der Waals surface area contributed by atoms with Gasteiger partial charge in [-0.1, -0.05) is 33.3 Å². The first-order valence-electron chi connectivity index (χ1n) is 6.41. The lowest BCUT2D eigenvalue weighted by Crippen LogP contribution is -1.99. The number of nitrogens with two attached hydrogens (primary N) is 1. The minimum Gasteiger partial charge on any atom is -0.459 e. The first kappa shape index (κ1) is 12.2. The number of fused-ring (bicyclic) bond motifs is 1. The molecule has 92 valence electrons. The van der Waals surface area contributed by atoms with Crippen LogP contribution < -0.4 is 5.73 Å². The molecule has 2 N–H and O–H groups in total. The number of hydrogen-bond acceptors (Lipinski definition) is 2. The van der Waals surface area contributed by atoms with Crippen molar-refractivity contribution in [2.24, 2.45) is 5.73 Å². The van der Waals surface area contributed by atoms with Gasteiger partial charge in [-0.05, 0) is 30.0 Å². The third-order valence-corrected chi connectivity index (χ3v) is 3.17. The van der Waals surface area contributed by atoms with Crippen molar-refractivity contribution in [1.29, 1.82) is 0 Å². The smallest absolute Gasteiger partial charge is 0.134 e. The summed E-state index contributed by atoms with van der Waals surface area (Å²) in [6.45, 7) is 7.06. The van der Waals surface area contributed by atoms with Crippen molar-refractivity contribution in [2.75, 3.05) is 0 Å². The summed E-state index contributed by atoms with van der Waals surface area (Å²) < 4.78 is 5.82. The topological polar surface area (TPSA) is 39.2 Å². The average molecular weight is 231 g/mol. The van der Waals surface area contributed by atoms with E-state index in [1.165, 1.54) is 22.9 Å². The fourth-order valence-electron chi connectivity index (χ4n) is 2.44. The first-order valence-corrected chi connectivity index (χ1v) is 6.41. The molecule has 2 aromatic rings. The Balaban J connectivity index is 2.60. The molecule has 1 heterocycles. The van der Waals surface area contributed by atoms with Gasteiger partial charge in [0.2, 0.25) is 0 Å². The zero-order valence-electron chi connectivity index (χ0n) is 10.9. The molecule has 17 heavy (non-hydrogen) atoms. The maximum atomic E-state index is 5.82. The van der Waals surface area contributed by atoms with Gasteiger partial charge in [-0.2, -0.15) is 0 Å². The van der Waals surface area contributed by atoms with Gasteiger partial charge in [0.05, 0.1) is 6.54 Å². The molecule has 0 fully saturated rings. The van der Waals surface area contributed by atoms with Crippen LogP contribution in [0.4, 0.5) is 0 Å². The predicted molar refractivity (Wildman–Crippen MR) is 72.2 cm³/mol. The van der Waals surface area contributed by atoms with Crippen LogP contribution in [-0.4, -0.2) is 0 Å². The molecule has 2 nitrogen and oxygen atoms in total. The highest BCUT2D eigenvalue weighted by molar-refractivity contribution is 5.83. The lowest BCUT2D eigenvalue weighted by Gasteiger charge is -2.05. The molecule has 2 rings (SSSR count). The summed E-state index contributed by atoms with van der Waals surface area (Å²) >= 11 is 0. The Kier molecular flexibility index (Phi) is 3.53. The molecule has 0 saturated carbocycles. The number of benzene rings is 1. The molecule has 2 heteroatoms. The second-order valence-corrected chi connectivity index (χ2v) is 4.88. The fraction of sp³-hybridized carbons (Fsp3) is 0.467. The Hall–Kier alpha value is -1.28. The summed E-state index contributed by atoms with van der Waals surface area (Å²) in [6.07, 6.45) is 2.29. The van der Waals surface area contributed by atoms with Crippen LogP contribution in [0.2, 0.25) is 0 Å². The van der Waals surface area contributed by atoms with Crippen molar-refractivity contribution in [3.63, 3.8) is 0 Å². The highest BCUT2D eigenvalue weighted by atomic mass is 16.3. The van der Waals surface area contributed by atoms with Crippen molar-refractivity contribution < 1.29 is 4.42 Å². The molecule has 0 spiro atoms.